The lowest BCUT2D eigenvalue weighted by Crippen LogP contribution is -2.33. The number of aromatic nitrogens is 2. The highest BCUT2D eigenvalue weighted by Gasteiger charge is 2.35. The minimum absolute atomic E-state index is 0.187. The Labute approximate surface area is 108 Å². The SMILES string of the molecule is C/C=C/c1cn(C2CC(O)C(CO)O2)c(=O)[nH]c1=O. The number of ether oxygens (including phenoxy) is 1. The second-order valence-electron chi connectivity index (χ2n) is 4.37. The van der Waals surface area contributed by atoms with E-state index in [4.69, 9.17) is 9.84 Å². The van der Waals surface area contributed by atoms with Gasteiger partial charge in [0.1, 0.15) is 12.3 Å². The van der Waals surface area contributed by atoms with Crippen LogP contribution in [0.25, 0.3) is 6.08 Å². The van der Waals surface area contributed by atoms with E-state index in [1.54, 1.807) is 19.1 Å². The molecule has 1 aliphatic heterocycles. The smallest absolute Gasteiger partial charge is 0.330 e. The molecule has 2 rings (SSSR count). The Morgan fingerprint density at radius 2 is 2.32 bits per heavy atom. The van der Waals surface area contributed by atoms with Crippen LogP contribution in [0, 0.1) is 0 Å². The maximum Gasteiger partial charge on any atom is 0.330 e. The normalized spacial score (nSPS) is 27.2. The molecule has 0 saturated carbocycles. The molecule has 1 aliphatic rings. The van der Waals surface area contributed by atoms with E-state index in [-0.39, 0.29) is 13.0 Å². The summed E-state index contributed by atoms with van der Waals surface area (Å²) in [6.45, 7) is 1.43. The van der Waals surface area contributed by atoms with Gasteiger partial charge < -0.3 is 14.9 Å². The van der Waals surface area contributed by atoms with Crippen LogP contribution in [-0.4, -0.2) is 38.6 Å². The summed E-state index contributed by atoms with van der Waals surface area (Å²) in [6, 6.07) is 0. The number of hydrogen-bond donors (Lipinski definition) is 3. The Bertz CT molecular complexity index is 589. The molecule has 1 aromatic heterocycles. The summed E-state index contributed by atoms with van der Waals surface area (Å²) < 4.78 is 6.60. The van der Waals surface area contributed by atoms with Gasteiger partial charge in [0.05, 0.1) is 18.3 Å². The molecule has 0 bridgehead atoms. The van der Waals surface area contributed by atoms with Crippen molar-refractivity contribution in [2.75, 3.05) is 6.61 Å². The fraction of sp³-hybridized carbons (Fsp3) is 0.500. The van der Waals surface area contributed by atoms with Crippen molar-refractivity contribution < 1.29 is 14.9 Å². The molecule has 0 aliphatic carbocycles. The summed E-state index contributed by atoms with van der Waals surface area (Å²) >= 11 is 0. The van der Waals surface area contributed by atoms with Gasteiger partial charge >= 0.3 is 5.69 Å². The zero-order valence-electron chi connectivity index (χ0n) is 10.4. The number of aromatic amines is 1. The Balaban J connectivity index is 2.38. The molecule has 3 atom stereocenters. The quantitative estimate of drug-likeness (QED) is 0.666. The maximum atomic E-state index is 11.7. The molecule has 3 N–H and O–H groups in total. The molecule has 7 nitrogen and oxygen atoms in total. The van der Waals surface area contributed by atoms with Crippen LogP contribution in [-0.2, 0) is 4.74 Å². The first-order valence-electron chi connectivity index (χ1n) is 5.99. The molecule has 1 saturated heterocycles. The van der Waals surface area contributed by atoms with Gasteiger partial charge in [0, 0.05) is 12.6 Å². The summed E-state index contributed by atoms with van der Waals surface area (Å²) in [5.41, 5.74) is -0.752. The highest BCUT2D eigenvalue weighted by molar-refractivity contribution is 5.45. The van der Waals surface area contributed by atoms with Crippen molar-refractivity contribution in [1.29, 1.82) is 0 Å². The van der Waals surface area contributed by atoms with Gasteiger partial charge in [0.15, 0.2) is 0 Å². The van der Waals surface area contributed by atoms with E-state index in [2.05, 4.69) is 4.98 Å². The number of H-pyrrole nitrogens is 1. The van der Waals surface area contributed by atoms with Crippen LogP contribution in [0.5, 0.6) is 0 Å². The van der Waals surface area contributed by atoms with E-state index in [1.165, 1.54) is 10.8 Å². The highest BCUT2D eigenvalue weighted by atomic mass is 16.5. The molecule has 7 heteroatoms. The molecule has 0 radical (unpaired) electrons. The predicted molar refractivity (Wildman–Crippen MR) is 67.7 cm³/mol. The van der Waals surface area contributed by atoms with Crippen molar-refractivity contribution in [2.24, 2.45) is 0 Å². The van der Waals surface area contributed by atoms with Crippen LogP contribution in [0.15, 0.2) is 21.9 Å². The molecular weight excluding hydrogens is 252 g/mol. The fourth-order valence-electron chi connectivity index (χ4n) is 2.06. The lowest BCUT2D eigenvalue weighted by atomic mass is 10.2. The van der Waals surface area contributed by atoms with Gasteiger partial charge in [-0.3, -0.25) is 14.3 Å². The minimum atomic E-state index is -0.834. The van der Waals surface area contributed by atoms with Gasteiger partial charge in [-0.1, -0.05) is 12.2 Å². The molecule has 0 amide bonds. The monoisotopic (exact) mass is 268 g/mol. The first-order chi connectivity index (χ1) is 9.06. The van der Waals surface area contributed by atoms with E-state index < -0.39 is 29.7 Å². The summed E-state index contributed by atoms with van der Waals surface area (Å²) in [6.07, 6.45) is 2.59. The van der Waals surface area contributed by atoms with E-state index in [0.717, 1.165) is 0 Å². The Morgan fingerprint density at radius 1 is 1.58 bits per heavy atom. The number of rotatable bonds is 3. The van der Waals surface area contributed by atoms with Crippen LogP contribution < -0.4 is 11.2 Å². The first kappa shape index (κ1) is 13.7. The standard InChI is InChI=1S/C12H16N2O5/c1-2-3-7-5-14(12(18)13-11(7)17)10-4-8(16)9(6-15)19-10/h2-3,5,8-10,15-16H,4,6H2,1H3,(H,13,17,18)/b3-2+. The molecular formula is C12H16N2O5. The Kier molecular flexibility index (Phi) is 3.98. The molecule has 1 fully saturated rings. The number of aliphatic hydroxyl groups is 2. The molecule has 19 heavy (non-hydrogen) atoms. The van der Waals surface area contributed by atoms with Crippen molar-refractivity contribution in [3.63, 3.8) is 0 Å². The first-order valence-corrected chi connectivity index (χ1v) is 5.99. The second-order valence-corrected chi connectivity index (χ2v) is 4.37. The third kappa shape index (κ3) is 2.67. The lowest BCUT2D eigenvalue weighted by Gasteiger charge is -2.14. The molecule has 1 aromatic rings. The summed E-state index contributed by atoms with van der Waals surface area (Å²) in [5, 5.41) is 18.7. The molecule has 0 spiro atoms. The molecule has 104 valence electrons. The van der Waals surface area contributed by atoms with Crippen LogP contribution in [0.3, 0.4) is 0 Å². The van der Waals surface area contributed by atoms with E-state index in [9.17, 15) is 14.7 Å². The Morgan fingerprint density at radius 3 is 2.89 bits per heavy atom. The predicted octanol–water partition coefficient (Wildman–Crippen LogP) is -0.790. The second kappa shape index (κ2) is 5.52. The van der Waals surface area contributed by atoms with Gasteiger partial charge in [0.25, 0.3) is 5.56 Å². The van der Waals surface area contributed by atoms with Gasteiger partial charge in [-0.2, -0.15) is 0 Å². The van der Waals surface area contributed by atoms with Gasteiger partial charge in [0.2, 0.25) is 0 Å². The molecule has 0 aromatic carbocycles. The van der Waals surface area contributed by atoms with Crippen molar-refractivity contribution in [3.05, 3.63) is 38.7 Å². The van der Waals surface area contributed by atoms with Crippen molar-refractivity contribution in [3.8, 4) is 0 Å². The van der Waals surface area contributed by atoms with Crippen LogP contribution >= 0.6 is 0 Å². The average molecular weight is 268 g/mol. The van der Waals surface area contributed by atoms with Crippen LogP contribution in [0.4, 0.5) is 0 Å². The van der Waals surface area contributed by atoms with Gasteiger partial charge in [-0.25, -0.2) is 4.79 Å². The van der Waals surface area contributed by atoms with Gasteiger partial charge in [-0.15, -0.1) is 0 Å². The summed E-state index contributed by atoms with van der Waals surface area (Å²) in [5.74, 6) is 0. The third-order valence-electron chi connectivity index (χ3n) is 3.04. The molecule has 3 unspecified atom stereocenters. The third-order valence-corrected chi connectivity index (χ3v) is 3.04. The maximum absolute atomic E-state index is 11.7. The number of aliphatic hydroxyl groups excluding tert-OH is 2. The largest absolute Gasteiger partial charge is 0.394 e. The fourth-order valence-corrected chi connectivity index (χ4v) is 2.06. The van der Waals surface area contributed by atoms with E-state index >= 15 is 0 Å². The van der Waals surface area contributed by atoms with Crippen molar-refractivity contribution in [2.45, 2.75) is 31.8 Å². The number of nitrogens with one attached hydrogen (secondary N) is 1. The van der Waals surface area contributed by atoms with E-state index in [0.29, 0.717) is 5.56 Å². The van der Waals surface area contributed by atoms with Crippen LogP contribution in [0.2, 0.25) is 0 Å². The minimum Gasteiger partial charge on any atom is -0.394 e. The van der Waals surface area contributed by atoms with Crippen LogP contribution in [0.1, 0.15) is 25.1 Å². The molecule has 2 heterocycles. The Hall–Kier alpha value is -1.70. The number of nitrogens with zero attached hydrogens (tertiary/aromatic N) is 1. The number of hydrogen-bond acceptors (Lipinski definition) is 5. The van der Waals surface area contributed by atoms with E-state index in [1.807, 2.05) is 0 Å². The zero-order valence-corrected chi connectivity index (χ0v) is 10.4. The van der Waals surface area contributed by atoms with Gasteiger partial charge in [-0.05, 0) is 6.92 Å². The highest BCUT2D eigenvalue weighted by Crippen LogP contribution is 2.27. The summed E-state index contributed by atoms with van der Waals surface area (Å²) in [7, 11) is 0. The average Bonchev–Trinajstić information content (AvgIpc) is 2.74. The topological polar surface area (TPSA) is 105 Å². The number of allylic oxidation sites excluding steroid dienone is 1. The summed E-state index contributed by atoms with van der Waals surface area (Å²) in [4.78, 5) is 25.5. The van der Waals surface area contributed by atoms with Crippen molar-refractivity contribution >= 4 is 6.08 Å². The zero-order chi connectivity index (χ0) is 14.0. The van der Waals surface area contributed by atoms with Crippen molar-refractivity contribution in [1.82, 2.24) is 9.55 Å². The lowest BCUT2D eigenvalue weighted by molar-refractivity contribution is -0.0459.